The number of likely N-dealkylation sites (tertiary alicyclic amines) is 1. The summed E-state index contributed by atoms with van der Waals surface area (Å²) in [6.45, 7) is 5.72. The highest BCUT2D eigenvalue weighted by Crippen LogP contribution is 2.16. The second-order valence-corrected chi connectivity index (χ2v) is 8.58. The summed E-state index contributed by atoms with van der Waals surface area (Å²) in [5, 5.41) is 11.7. The third-order valence-electron chi connectivity index (χ3n) is 6.23. The van der Waals surface area contributed by atoms with Crippen LogP contribution in [-0.4, -0.2) is 72.0 Å². The van der Waals surface area contributed by atoms with Crippen molar-refractivity contribution in [1.29, 1.82) is 0 Å². The minimum absolute atomic E-state index is 0. The molecule has 1 saturated heterocycles. The van der Waals surface area contributed by atoms with Gasteiger partial charge >= 0.3 is 0 Å². The number of aryl methyl sites for hydroxylation is 1. The van der Waals surface area contributed by atoms with Crippen LogP contribution in [0.25, 0.3) is 0 Å². The molecule has 1 aromatic heterocycles. The standard InChI is InChI=1S/C23H35N7O.HI/c1-24-23(26-20-8-9-22-27-21(17-31-2)28-30(22)16-20)25-14-19-11-13-29(15-19)12-10-18-6-4-3-5-7-18;/h3-7,19-20H,8-17H2,1-2H3,(H2,24,25,26);1H. The van der Waals surface area contributed by atoms with Crippen LogP contribution in [-0.2, 0) is 30.7 Å². The van der Waals surface area contributed by atoms with Gasteiger partial charge in [0.05, 0.1) is 6.54 Å². The van der Waals surface area contributed by atoms with E-state index in [0.717, 1.165) is 63.0 Å². The van der Waals surface area contributed by atoms with Crippen LogP contribution in [0.1, 0.15) is 30.1 Å². The Hall–Kier alpha value is -1.72. The summed E-state index contributed by atoms with van der Waals surface area (Å²) in [7, 11) is 3.52. The number of hydrogen-bond donors (Lipinski definition) is 2. The molecule has 0 amide bonds. The monoisotopic (exact) mass is 553 g/mol. The van der Waals surface area contributed by atoms with E-state index < -0.39 is 0 Å². The van der Waals surface area contributed by atoms with Gasteiger partial charge in [-0.3, -0.25) is 4.99 Å². The molecule has 0 saturated carbocycles. The molecule has 0 aliphatic carbocycles. The van der Waals surface area contributed by atoms with Crippen LogP contribution in [0.15, 0.2) is 35.3 Å². The van der Waals surface area contributed by atoms with Gasteiger partial charge in [-0.15, -0.1) is 24.0 Å². The average molecular weight is 553 g/mol. The molecule has 176 valence electrons. The Morgan fingerprint density at radius 3 is 2.84 bits per heavy atom. The number of hydrogen-bond acceptors (Lipinski definition) is 5. The predicted octanol–water partition coefficient (Wildman–Crippen LogP) is 2.09. The van der Waals surface area contributed by atoms with Gasteiger partial charge in [-0.25, -0.2) is 9.67 Å². The number of benzene rings is 1. The second kappa shape index (κ2) is 12.5. The predicted molar refractivity (Wildman–Crippen MR) is 137 cm³/mol. The van der Waals surface area contributed by atoms with E-state index in [-0.39, 0.29) is 24.0 Å². The van der Waals surface area contributed by atoms with Gasteiger partial charge in [0.25, 0.3) is 0 Å². The van der Waals surface area contributed by atoms with E-state index in [4.69, 9.17) is 4.74 Å². The van der Waals surface area contributed by atoms with Crippen LogP contribution < -0.4 is 10.6 Å². The number of nitrogens with zero attached hydrogens (tertiary/aromatic N) is 5. The number of aromatic nitrogens is 3. The van der Waals surface area contributed by atoms with Crippen molar-refractivity contribution in [1.82, 2.24) is 30.3 Å². The lowest BCUT2D eigenvalue weighted by Gasteiger charge is -2.26. The Balaban J connectivity index is 0.00000289. The lowest BCUT2D eigenvalue weighted by atomic mass is 10.1. The van der Waals surface area contributed by atoms with Crippen LogP contribution in [0.3, 0.4) is 0 Å². The van der Waals surface area contributed by atoms with Gasteiger partial charge in [0.1, 0.15) is 12.4 Å². The molecule has 1 aromatic carbocycles. The molecule has 32 heavy (non-hydrogen) atoms. The Morgan fingerprint density at radius 1 is 1.22 bits per heavy atom. The van der Waals surface area contributed by atoms with Crippen molar-refractivity contribution in [3.63, 3.8) is 0 Å². The number of aliphatic imine (C=N–C) groups is 1. The molecular weight excluding hydrogens is 517 g/mol. The van der Waals surface area contributed by atoms with E-state index in [2.05, 4.69) is 60.9 Å². The molecule has 0 bridgehead atoms. The van der Waals surface area contributed by atoms with Crippen molar-refractivity contribution >= 4 is 29.9 Å². The van der Waals surface area contributed by atoms with Crippen molar-refractivity contribution in [3.8, 4) is 0 Å². The first kappa shape index (κ1) is 24.9. The summed E-state index contributed by atoms with van der Waals surface area (Å²) in [4.78, 5) is 11.6. The summed E-state index contributed by atoms with van der Waals surface area (Å²) >= 11 is 0. The molecule has 0 radical (unpaired) electrons. The van der Waals surface area contributed by atoms with E-state index in [1.54, 1.807) is 7.11 Å². The number of fused-ring (bicyclic) bond motifs is 1. The summed E-state index contributed by atoms with van der Waals surface area (Å²) < 4.78 is 7.16. The van der Waals surface area contributed by atoms with Gasteiger partial charge in [-0.2, -0.15) is 5.10 Å². The number of guanidine groups is 1. The van der Waals surface area contributed by atoms with E-state index in [1.165, 1.54) is 18.5 Å². The topological polar surface area (TPSA) is 79.6 Å². The maximum absolute atomic E-state index is 5.15. The molecule has 4 rings (SSSR count). The zero-order chi connectivity index (χ0) is 21.5. The second-order valence-electron chi connectivity index (χ2n) is 8.58. The summed E-state index contributed by atoms with van der Waals surface area (Å²) in [6, 6.07) is 11.1. The number of halogens is 1. The van der Waals surface area contributed by atoms with Gasteiger partial charge in [0.2, 0.25) is 0 Å². The molecule has 0 spiro atoms. The molecule has 1 fully saturated rings. The molecule has 2 aliphatic heterocycles. The summed E-state index contributed by atoms with van der Waals surface area (Å²) in [6.07, 6.45) is 4.32. The maximum Gasteiger partial charge on any atom is 0.191 e. The lowest BCUT2D eigenvalue weighted by Crippen LogP contribution is -2.48. The van der Waals surface area contributed by atoms with Crippen molar-refractivity contribution < 1.29 is 4.74 Å². The zero-order valence-corrected chi connectivity index (χ0v) is 21.5. The highest BCUT2D eigenvalue weighted by molar-refractivity contribution is 14.0. The average Bonchev–Trinajstić information content (AvgIpc) is 3.42. The van der Waals surface area contributed by atoms with E-state index in [1.807, 2.05) is 11.7 Å². The smallest absolute Gasteiger partial charge is 0.191 e. The van der Waals surface area contributed by atoms with Crippen LogP contribution in [0.5, 0.6) is 0 Å². The first-order chi connectivity index (χ1) is 15.2. The zero-order valence-electron chi connectivity index (χ0n) is 19.2. The van der Waals surface area contributed by atoms with Crippen LogP contribution in [0.2, 0.25) is 0 Å². The third-order valence-corrected chi connectivity index (χ3v) is 6.23. The molecule has 9 heteroatoms. The first-order valence-corrected chi connectivity index (χ1v) is 11.4. The highest BCUT2D eigenvalue weighted by Gasteiger charge is 2.24. The first-order valence-electron chi connectivity index (χ1n) is 11.4. The molecule has 8 nitrogen and oxygen atoms in total. The Morgan fingerprint density at radius 2 is 2.06 bits per heavy atom. The highest BCUT2D eigenvalue weighted by atomic mass is 127. The molecule has 2 aromatic rings. The third kappa shape index (κ3) is 6.89. The fourth-order valence-corrected chi connectivity index (χ4v) is 4.51. The summed E-state index contributed by atoms with van der Waals surface area (Å²) in [5.41, 5.74) is 1.42. The Labute approximate surface area is 208 Å². The van der Waals surface area contributed by atoms with Crippen LogP contribution in [0, 0.1) is 5.92 Å². The minimum Gasteiger partial charge on any atom is -0.377 e. The van der Waals surface area contributed by atoms with E-state index in [9.17, 15) is 0 Å². The normalized spacial score (nSPS) is 21.1. The van der Waals surface area contributed by atoms with Crippen molar-refractivity contribution in [3.05, 3.63) is 47.5 Å². The minimum atomic E-state index is 0. The molecule has 2 unspecified atom stereocenters. The SMILES string of the molecule is CN=C(NCC1CCN(CCc2ccccc2)C1)NC1CCc2nc(COC)nn2C1.I. The molecular formula is C23H36IN7O. The van der Waals surface area contributed by atoms with E-state index >= 15 is 0 Å². The fraction of sp³-hybridized carbons (Fsp3) is 0.609. The van der Waals surface area contributed by atoms with Crippen LogP contribution >= 0.6 is 24.0 Å². The quantitative estimate of drug-likeness (QED) is 0.296. The number of ether oxygens (including phenoxy) is 1. The van der Waals surface area contributed by atoms with Crippen molar-refractivity contribution in [2.75, 3.05) is 40.3 Å². The van der Waals surface area contributed by atoms with Gasteiger partial charge in [0, 0.05) is 46.3 Å². The Bertz CT molecular complexity index is 857. The molecule has 2 N–H and O–H groups in total. The maximum atomic E-state index is 5.15. The van der Waals surface area contributed by atoms with Gasteiger partial charge in [-0.05, 0) is 37.3 Å². The number of rotatable bonds is 8. The van der Waals surface area contributed by atoms with Crippen molar-refractivity contribution in [2.24, 2.45) is 10.9 Å². The summed E-state index contributed by atoms with van der Waals surface area (Å²) in [5.74, 6) is 3.36. The Kier molecular flexibility index (Phi) is 9.73. The largest absolute Gasteiger partial charge is 0.377 e. The number of nitrogens with one attached hydrogen (secondary N) is 2. The van der Waals surface area contributed by atoms with Crippen molar-refractivity contribution in [2.45, 2.75) is 44.9 Å². The molecule has 2 atom stereocenters. The van der Waals surface area contributed by atoms with Gasteiger partial charge in [0.15, 0.2) is 11.8 Å². The van der Waals surface area contributed by atoms with Gasteiger partial charge in [-0.1, -0.05) is 30.3 Å². The lowest BCUT2D eigenvalue weighted by molar-refractivity contribution is 0.177. The van der Waals surface area contributed by atoms with Crippen LogP contribution in [0.4, 0.5) is 0 Å². The molecule has 2 aliphatic rings. The fourth-order valence-electron chi connectivity index (χ4n) is 4.51. The number of methoxy groups -OCH3 is 1. The van der Waals surface area contributed by atoms with E-state index in [0.29, 0.717) is 18.6 Å². The van der Waals surface area contributed by atoms with Gasteiger partial charge < -0.3 is 20.3 Å². The molecule has 3 heterocycles.